The number of rotatable bonds is 2. The van der Waals surface area contributed by atoms with Gasteiger partial charge in [0.05, 0.1) is 0 Å². The molecule has 0 radical (unpaired) electrons. The monoisotopic (exact) mass is 274 g/mol. The van der Waals surface area contributed by atoms with E-state index in [1.165, 1.54) is 17.8 Å². The van der Waals surface area contributed by atoms with E-state index in [1.807, 2.05) is 0 Å². The maximum atomic E-state index is 10.9. The van der Waals surface area contributed by atoms with Crippen LogP contribution in [0.2, 0.25) is 5.15 Å². The number of carboxylic acids is 1. The van der Waals surface area contributed by atoms with Crippen molar-refractivity contribution in [3.63, 3.8) is 0 Å². The number of thiazole rings is 1. The van der Waals surface area contributed by atoms with E-state index in [2.05, 4.69) is 16.8 Å². The Balaban J connectivity index is 2.16. The van der Waals surface area contributed by atoms with Crippen LogP contribution in [0.4, 0.5) is 5.13 Å². The molecule has 1 saturated heterocycles. The Morgan fingerprint density at radius 1 is 1.53 bits per heavy atom. The number of hydrogen-bond acceptors (Lipinski definition) is 4. The average Bonchev–Trinajstić information content (AvgIpc) is 2.52. The van der Waals surface area contributed by atoms with Gasteiger partial charge in [0.1, 0.15) is 0 Å². The quantitative estimate of drug-likeness (QED) is 0.900. The number of halogens is 1. The molecule has 0 spiro atoms. The zero-order valence-corrected chi connectivity index (χ0v) is 11.2. The van der Waals surface area contributed by atoms with E-state index >= 15 is 0 Å². The minimum atomic E-state index is -0.998. The molecule has 1 N–H and O–H groups in total. The molecule has 1 aromatic rings. The van der Waals surface area contributed by atoms with Gasteiger partial charge in [-0.05, 0) is 25.2 Å². The molecule has 2 heterocycles. The zero-order valence-electron chi connectivity index (χ0n) is 9.65. The number of carboxylic acid groups (broad SMARTS) is 1. The first-order valence-corrected chi connectivity index (χ1v) is 6.92. The number of anilines is 1. The molecular weight excluding hydrogens is 260 g/mol. The molecular formula is C11H15ClN2O2S. The zero-order chi connectivity index (χ0) is 12.4. The molecule has 1 aliphatic heterocycles. The lowest BCUT2D eigenvalue weighted by Crippen LogP contribution is -2.23. The number of aromatic nitrogens is 1. The van der Waals surface area contributed by atoms with Crippen molar-refractivity contribution in [1.29, 1.82) is 0 Å². The minimum Gasteiger partial charge on any atom is -0.477 e. The molecule has 0 aromatic carbocycles. The summed E-state index contributed by atoms with van der Waals surface area (Å²) in [5.41, 5.74) is 0. The molecule has 1 atom stereocenters. The lowest BCUT2D eigenvalue weighted by molar-refractivity contribution is 0.0702. The first-order chi connectivity index (χ1) is 8.08. The van der Waals surface area contributed by atoms with Gasteiger partial charge in [-0.1, -0.05) is 29.9 Å². The van der Waals surface area contributed by atoms with Crippen molar-refractivity contribution in [3.05, 3.63) is 10.0 Å². The van der Waals surface area contributed by atoms with Crippen molar-refractivity contribution in [2.75, 3.05) is 18.0 Å². The Morgan fingerprint density at radius 2 is 2.29 bits per heavy atom. The van der Waals surface area contributed by atoms with Gasteiger partial charge in [0.15, 0.2) is 15.2 Å². The van der Waals surface area contributed by atoms with E-state index in [0.717, 1.165) is 37.0 Å². The van der Waals surface area contributed by atoms with Gasteiger partial charge in [0.2, 0.25) is 0 Å². The van der Waals surface area contributed by atoms with Crippen LogP contribution in [-0.2, 0) is 0 Å². The second-order valence-corrected chi connectivity index (χ2v) is 5.78. The summed E-state index contributed by atoms with van der Waals surface area (Å²) in [5.74, 6) is -0.267. The van der Waals surface area contributed by atoms with Crippen LogP contribution in [0.5, 0.6) is 0 Å². The van der Waals surface area contributed by atoms with Crippen LogP contribution in [0.1, 0.15) is 35.9 Å². The highest BCUT2D eigenvalue weighted by Crippen LogP contribution is 2.31. The summed E-state index contributed by atoms with van der Waals surface area (Å²) in [4.78, 5) is 17.3. The predicted octanol–water partition coefficient (Wildman–Crippen LogP) is 3.12. The van der Waals surface area contributed by atoms with E-state index in [0.29, 0.717) is 0 Å². The van der Waals surface area contributed by atoms with Crippen LogP contribution < -0.4 is 4.90 Å². The number of nitrogens with zero attached hydrogens (tertiary/aromatic N) is 2. The Bertz CT molecular complexity index is 422. The molecule has 94 valence electrons. The van der Waals surface area contributed by atoms with Gasteiger partial charge < -0.3 is 10.0 Å². The van der Waals surface area contributed by atoms with E-state index in [9.17, 15) is 4.79 Å². The van der Waals surface area contributed by atoms with Crippen molar-refractivity contribution >= 4 is 34.0 Å². The van der Waals surface area contributed by atoms with Crippen LogP contribution in [-0.4, -0.2) is 29.1 Å². The lowest BCUT2D eigenvalue weighted by atomic mass is 10.0. The second-order valence-electron chi connectivity index (χ2n) is 4.44. The highest BCUT2D eigenvalue weighted by molar-refractivity contribution is 7.18. The summed E-state index contributed by atoms with van der Waals surface area (Å²) in [7, 11) is 0. The molecule has 1 aliphatic rings. The fraction of sp³-hybridized carbons (Fsp3) is 0.636. The molecule has 1 fully saturated rings. The molecule has 1 unspecified atom stereocenters. The summed E-state index contributed by atoms with van der Waals surface area (Å²) in [6, 6.07) is 0. The Kier molecular flexibility index (Phi) is 3.89. The average molecular weight is 275 g/mol. The van der Waals surface area contributed by atoms with Gasteiger partial charge in [-0.15, -0.1) is 0 Å². The molecule has 17 heavy (non-hydrogen) atoms. The number of hydrogen-bond donors (Lipinski definition) is 1. The summed E-state index contributed by atoms with van der Waals surface area (Å²) < 4.78 is 0. The van der Waals surface area contributed by atoms with Crippen LogP contribution in [0.3, 0.4) is 0 Å². The molecule has 0 aliphatic carbocycles. The minimum absolute atomic E-state index is 0.106. The van der Waals surface area contributed by atoms with Crippen molar-refractivity contribution in [3.8, 4) is 0 Å². The standard InChI is InChI=1S/C11H15ClN2O2S/c1-7-3-2-5-14(6-4-7)11-13-9(12)8(17-11)10(15)16/h7H,2-6H2,1H3,(H,15,16). The summed E-state index contributed by atoms with van der Waals surface area (Å²) in [5, 5.41) is 9.79. The number of aromatic carboxylic acids is 1. The molecule has 4 nitrogen and oxygen atoms in total. The maximum absolute atomic E-state index is 10.9. The van der Waals surface area contributed by atoms with Crippen molar-refractivity contribution in [2.24, 2.45) is 5.92 Å². The lowest BCUT2D eigenvalue weighted by Gasteiger charge is -2.18. The van der Waals surface area contributed by atoms with Crippen molar-refractivity contribution in [1.82, 2.24) is 4.98 Å². The van der Waals surface area contributed by atoms with Crippen LogP contribution >= 0.6 is 22.9 Å². The Hall–Kier alpha value is -0.810. The van der Waals surface area contributed by atoms with E-state index in [4.69, 9.17) is 16.7 Å². The second kappa shape index (κ2) is 5.23. The van der Waals surface area contributed by atoms with Gasteiger partial charge in [0, 0.05) is 13.1 Å². The smallest absolute Gasteiger partial charge is 0.349 e. The van der Waals surface area contributed by atoms with Gasteiger partial charge in [-0.25, -0.2) is 9.78 Å². The van der Waals surface area contributed by atoms with E-state index in [-0.39, 0.29) is 10.0 Å². The van der Waals surface area contributed by atoms with Crippen LogP contribution in [0.15, 0.2) is 0 Å². The highest BCUT2D eigenvalue weighted by atomic mass is 35.5. The fourth-order valence-corrected chi connectivity index (χ4v) is 3.19. The first kappa shape index (κ1) is 12.6. The fourth-order valence-electron chi connectivity index (χ4n) is 2.01. The normalized spacial score (nSPS) is 21.3. The third-order valence-corrected chi connectivity index (χ3v) is 4.55. The van der Waals surface area contributed by atoms with Gasteiger partial charge in [-0.3, -0.25) is 0 Å². The predicted molar refractivity (Wildman–Crippen MR) is 69.3 cm³/mol. The van der Waals surface area contributed by atoms with Crippen molar-refractivity contribution in [2.45, 2.75) is 26.2 Å². The molecule has 1 aromatic heterocycles. The van der Waals surface area contributed by atoms with Gasteiger partial charge in [0.25, 0.3) is 0 Å². The molecule has 2 rings (SSSR count). The molecule has 0 amide bonds. The van der Waals surface area contributed by atoms with Gasteiger partial charge in [-0.2, -0.15) is 0 Å². The third kappa shape index (κ3) is 2.90. The van der Waals surface area contributed by atoms with Crippen LogP contribution in [0.25, 0.3) is 0 Å². The van der Waals surface area contributed by atoms with E-state index in [1.54, 1.807) is 0 Å². The SMILES string of the molecule is CC1CCCN(c2nc(Cl)c(C(=O)O)s2)CC1. The highest BCUT2D eigenvalue weighted by Gasteiger charge is 2.21. The molecule has 0 saturated carbocycles. The largest absolute Gasteiger partial charge is 0.477 e. The Morgan fingerprint density at radius 3 is 2.94 bits per heavy atom. The number of carbonyl (C=O) groups is 1. The molecule has 0 bridgehead atoms. The van der Waals surface area contributed by atoms with Crippen molar-refractivity contribution < 1.29 is 9.90 Å². The summed E-state index contributed by atoms with van der Waals surface area (Å²) in [6.45, 7) is 4.12. The Labute approximate surface area is 109 Å². The summed E-state index contributed by atoms with van der Waals surface area (Å²) in [6.07, 6.45) is 3.47. The summed E-state index contributed by atoms with van der Waals surface area (Å²) >= 11 is 6.99. The van der Waals surface area contributed by atoms with E-state index < -0.39 is 5.97 Å². The van der Waals surface area contributed by atoms with Gasteiger partial charge >= 0.3 is 5.97 Å². The third-order valence-electron chi connectivity index (χ3n) is 3.06. The first-order valence-electron chi connectivity index (χ1n) is 5.72. The molecule has 6 heteroatoms. The van der Waals surface area contributed by atoms with Crippen LogP contribution in [0, 0.1) is 5.92 Å². The topological polar surface area (TPSA) is 53.4 Å². The maximum Gasteiger partial charge on any atom is 0.349 e.